The van der Waals surface area contributed by atoms with Gasteiger partial charge in [0, 0.05) is 42.9 Å². The van der Waals surface area contributed by atoms with E-state index < -0.39 is 0 Å². The maximum Gasteiger partial charge on any atom is 0.0729 e. The van der Waals surface area contributed by atoms with Crippen LogP contribution in [-0.4, -0.2) is 11.9 Å². The maximum atomic E-state index is 9.58. The van der Waals surface area contributed by atoms with Crippen molar-refractivity contribution in [1.29, 1.82) is 5.41 Å². The van der Waals surface area contributed by atoms with E-state index in [9.17, 15) is 5.41 Å². The van der Waals surface area contributed by atoms with Crippen LogP contribution in [0, 0.1) is 5.41 Å². The van der Waals surface area contributed by atoms with Crippen LogP contribution in [0.15, 0.2) is 199 Å². The second-order valence-corrected chi connectivity index (χ2v) is 17.4. The summed E-state index contributed by atoms with van der Waals surface area (Å²) in [5, 5.41) is 16.7. The lowest BCUT2D eigenvalue weighted by molar-refractivity contribution is 0.661. The summed E-state index contributed by atoms with van der Waals surface area (Å²) in [5.74, 6) is 0. The number of rotatable bonds is 7. The highest BCUT2D eigenvalue weighted by Crippen LogP contribution is 2.52. The Labute approximate surface area is 354 Å². The van der Waals surface area contributed by atoms with E-state index in [0.717, 1.165) is 49.7 Å². The smallest absolute Gasteiger partial charge is 0.0729 e. The van der Waals surface area contributed by atoms with E-state index in [1.165, 1.54) is 58.9 Å². The highest BCUT2D eigenvalue weighted by molar-refractivity contribution is 7.25. The minimum atomic E-state index is -0.108. The molecule has 0 saturated heterocycles. The van der Waals surface area contributed by atoms with E-state index in [4.69, 9.17) is 4.99 Å². The van der Waals surface area contributed by atoms with E-state index in [2.05, 4.69) is 184 Å². The SMILES string of the molecule is CC1(C)c2cc(-c3cccc(-c4ccc(/C(=C/C(=N)c5cccc6sc7ccccc7c56)N=Cc5ccccc5)c5ccccc45)c3)ccc2-c2c1ccc1ccccc21. The first-order valence-corrected chi connectivity index (χ1v) is 21.3. The second-order valence-electron chi connectivity index (χ2n) is 16.3. The zero-order chi connectivity index (χ0) is 40.4. The Balaban J connectivity index is 1.01. The molecule has 11 rings (SSSR count). The number of aliphatic imine (C=N–C) groups is 1. The first-order chi connectivity index (χ1) is 29.4. The van der Waals surface area contributed by atoms with Gasteiger partial charge in [-0.25, -0.2) is 0 Å². The van der Waals surface area contributed by atoms with Crippen molar-refractivity contribution in [3.8, 4) is 33.4 Å². The molecular formula is C57H40N2S. The van der Waals surface area contributed by atoms with Gasteiger partial charge in [-0.3, -0.25) is 4.99 Å². The number of nitrogens with one attached hydrogen (secondary N) is 1. The molecule has 9 aromatic carbocycles. The van der Waals surface area contributed by atoms with Crippen LogP contribution >= 0.6 is 11.3 Å². The summed E-state index contributed by atoms with van der Waals surface area (Å²) in [5.41, 5.74) is 14.1. The fourth-order valence-corrected chi connectivity index (χ4v) is 10.5. The van der Waals surface area contributed by atoms with Crippen molar-refractivity contribution in [1.82, 2.24) is 0 Å². The molecule has 2 nitrogen and oxygen atoms in total. The third-order valence-corrected chi connectivity index (χ3v) is 13.5. The van der Waals surface area contributed by atoms with Crippen molar-refractivity contribution in [2.75, 3.05) is 0 Å². The van der Waals surface area contributed by atoms with Gasteiger partial charge < -0.3 is 5.41 Å². The summed E-state index contributed by atoms with van der Waals surface area (Å²) in [6.07, 6.45) is 3.85. The number of allylic oxidation sites excluding steroid dienone is 1. The molecule has 0 radical (unpaired) electrons. The summed E-state index contributed by atoms with van der Waals surface area (Å²) in [6, 6.07) is 67.3. The van der Waals surface area contributed by atoms with Crippen molar-refractivity contribution < 1.29 is 0 Å². The van der Waals surface area contributed by atoms with Crippen molar-refractivity contribution in [2.24, 2.45) is 4.99 Å². The lowest BCUT2D eigenvalue weighted by atomic mass is 9.81. The standard InChI is InChI=1S/C57H40N2S/c1-57(2)49-31-27-37-16-6-7-19-42(37)55(49)46-28-26-39(33-50(46)57)38-17-12-18-40(32-38)41-29-30-45(44-21-9-8-20-43(41)44)52(59-35-36-14-4-3-5-15-36)34-51(58)47-23-13-25-54-56(47)48-22-10-11-24-53(48)60-54/h3-35,58H,1-2H3/b52-34-,58-51?,59-35?. The van der Waals surface area contributed by atoms with Crippen LogP contribution in [0.1, 0.15) is 41.7 Å². The Morgan fingerprint density at radius 1 is 0.517 bits per heavy atom. The largest absolute Gasteiger partial charge is 0.300 e. The minimum Gasteiger partial charge on any atom is -0.300 e. The zero-order valence-electron chi connectivity index (χ0n) is 33.4. The van der Waals surface area contributed by atoms with Crippen molar-refractivity contribution in [3.05, 3.63) is 222 Å². The molecule has 1 aromatic heterocycles. The van der Waals surface area contributed by atoms with Gasteiger partial charge >= 0.3 is 0 Å². The molecule has 3 heteroatoms. The number of fused-ring (bicyclic) bond motifs is 9. The number of hydrogen-bond donors (Lipinski definition) is 1. The van der Waals surface area contributed by atoms with Gasteiger partial charge in [0.2, 0.25) is 0 Å². The van der Waals surface area contributed by atoms with Crippen LogP contribution in [-0.2, 0) is 5.41 Å². The lowest BCUT2D eigenvalue weighted by Gasteiger charge is -2.22. The second kappa shape index (κ2) is 14.3. The van der Waals surface area contributed by atoms with E-state index in [0.29, 0.717) is 5.71 Å². The van der Waals surface area contributed by atoms with Crippen molar-refractivity contribution in [2.45, 2.75) is 19.3 Å². The monoisotopic (exact) mass is 784 g/mol. The Morgan fingerprint density at radius 2 is 1.20 bits per heavy atom. The molecule has 1 heterocycles. The van der Waals surface area contributed by atoms with E-state index in [1.807, 2.05) is 30.5 Å². The zero-order valence-corrected chi connectivity index (χ0v) is 34.2. The predicted molar refractivity (Wildman–Crippen MR) is 258 cm³/mol. The summed E-state index contributed by atoms with van der Waals surface area (Å²) in [6.45, 7) is 4.72. The molecule has 1 N–H and O–H groups in total. The van der Waals surface area contributed by atoms with Gasteiger partial charge in [0.25, 0.3) is 0 Å². The molecule has 0 saturated carbocycles. The van der Waals surface area contributed by atoms with Crippen LogP contribution in [0.4, 0.5) is 0 Å². The van der Waals surface area contributed by atoms with Crippen molar-refractivity contribution >= 4 is 70.7 Å². The Morgan fingerprint density at radius 3 is 2.07 bits per heavy atom. The summed E-state index contributed by atoms with van der Waals surface area (Å²) < 4.78 is 2.41. The molecule has 0 spiro atoms. The van der Waals surface area contributed by atoms with Crippen LogP contribution in [0.5, 0.6) is 0 Å². The molecule has 0 unspecified atom stereocenters. The first-order valence-electron chi connectivity index (χ1n) is 20.5. The van der Waals surface area contributed by atoms with Gasteiger partial charge in [0.05, 0.1) is 11.4 Å². The topological polar surface area (TPSA) is 36.2 Å². The number of thiophene rings is 1. The average molecular weight is 785 g/mol. The van der Waals surface area contributed by atoms with Crippen molar-refractivity contribution in [3.63, 3.8) is 0 Å². The van der Waals surface area contributed by atoms with Crippen LogP contribution in [0.3, 0.4) is 0 Å². The van der Waals surface area contributed by atoms with Crippen LogP contribution in [0.25, 0.3) is 80.8 Å². The summed E-state index contributed by atoms with van der Waals surface area (Å²) in [4.78, 5) is 5.14. The summed E-state index contributed by atoms with van der Waals surface area (Å²) in [7, 11) is 0. The predicted octanol–water partition coefficient (Wildman–Crippen LogP) is 15.5. The molecular weight excluding hydrogens is 745 g/mol. The minimum absolute atomic E-state index is 0.108. The normalized spacial score (nSPS) is 13.4. The third-order valence-electron chi connectivity index (χ3n) is 12.4. The van der Waals surface area contributed by atoms with Gasteiger partial charge in [-0.15, -0.1) is 11.3 Å². The van der Waals surface area contributed by atoms with Gasteiger partial charge in [-0.2, -0.15) is 0 Å². The fourth-order valence-electron chi connectivity index (χ4n) is 9.41. The van der Waals surface area contributed by atoms with Gasteiger partial charge in [0.15, 0.2) is 0 Å². The molecule has 0 atom stereocenters. The Bertz CT molecular complexity index is 3420. The fraction of sp³-hybridized carbons (Fsp3) is 0.0526. The van der Waals surface area contributed by atoms with Crippen LogP contribution < -0.4 is 0 Å². The average Bonchev–Trinajstić information content (AvgIpc) is 3.79. The Kier molecular flexibility index (Phi) is 8.54. The molecule has 1 aliphatic rings. The maximum absolute atomic E-state index is 9.58. The molecule has 0 aliphatic heterocycles. The number of hydrogen-bond acceptors (Lipinski definition) is 3. The molecule has 1 aliphatic carbocycles. The van der Waals surface area contributed by atoms with Gasteiger partial charge in [0.1, 0.15) is 0 Å². The van der Waals surface area contributed by atoms with E-state index in [1.54, 1.807) is 11.3 Å². The van der Waals surface area contributed by atoms with Gasteiger partial charge in [-0.05, 0) is 102 Å². The molecule has 0 fully saturated rings. The van der Waals surface area contributed by atoms with E-state index in [-0.39, 0.29) is 5.41 Å². The number of benzene rings is 9. The molecule has 0 amide bonds. The third kappa shape index (κ3) is 5.93. The highest BCUT2D eigenvalue weighted by atomic mass is 32.1. The molecule has 60 heavy (non-hydrogen) atoms. The molecule has 10 aromatic rings. The molecule has 284 valence electrons. The van der Waals surface area contributed by atoms with Crippen LogP contribution in [0.2, 0.25) is 0 Å². The quantitative estimate of drug-likeness (QED) is 0.156. The van der Waals surface area contributed by atoms with E-state index >= 15 is 0 Å². The number of nitrogens with zero attached hydrogens (tertiary/aromatic N) is 1. The summed E-state index contributed by atoms with van der Waals surface area (Å²) >= 11 is 1.77. The highest BCUT2D eigenvalue weighted by Gasteiger charge is 2.36. The lowest BCUT2D eigenvalue weighted by Crippen LogP contribution is -2.15. The Hall–Kier alpha value is -7.20. The first kappa shape index (κ1) is 35.9. The van der Waals surface area contributed by atoms with Gasteiger partial charge in [-0.1, -0.05) is 178 Å². The molecule has 0 bridgehead atoms.